The van der Waals surface area contributed by atoms with E-state index in [0.29, 0.717) is 5.92 Å². The van der Waals surface area contributed by atoms with Crippen LogP contribution in [-0.4, -0.2) is 13.1 Å². The summed E-state index contributed by atoms with van der Waals surface area (Å²) < 4.78 is 0. The summed E-state index contributed by atoms with van der Waals surface area (Å²) in [7, 11) is 0. The maximum atomic E-state index is 3.95. The number of hydrogen-bond donors (Lipinski definition) is 1. The van der Waals surface area contributed by atoms with Crippen LogP contribution < -0.4 is 5.32 Å². The summed E-state index contributed by atoms with van der Waals surface area (Å²) in [5, 5.41) is 3.33. The lowest BCUT2D eigenvalue weighted by Gasteiger charge is -2.10. The van der Waals surface area contributed by atoms with Gasteiger partial charge in [0, 0.05) is 0 Å². The molecule has 12 heavy (non-hydrogen) atoms. The molecule has 0 radical (unpaired) electrons. The van der Waals surface area contributed by atoms with Crippen molar-refractivity contribution in [2.75, 3.05) is 13.1 Å². The van der Waals surface area contributed by atoms with Crippen molar-refractivity contribution in [1.29, 1.82) is 0 Å². The number of rotatable bonds is 7. The largest absolute Gasteiger partial charge is 0.317 e. The molecule has 0 aliphatic carbocycles. The molecule has 72 valence electrons. The average molecular weight is 169 g/mol. The second-order valence-corrected chi connectivity index (χ2v) is 3.60. The van der Waals surface area contributed by atoms with Crippen LogP contribution >= 0.6 is 0 Å². The summed E-state index contributed by atoms with van der Waals surface area (Å²) in [4.78, 5) is 0. The van der Waals surface area contributed by atoms with Crippen molar-refractivity contribution in [3.63, 3.8) is 0 Å². The second-order valence-electron chi connectivity index (χ2n) is 3.60. The van der Waals surface area contributed by atoms with Crippen molar-refractivity contribution >= 4 is 0 Å². The Morgan fingerprint density at radius 2 is 2.08 bits per heavy atom. The van der Waals surface area contributed by atoms with Crippen LogP contribution in [0.5, 0.6) is 0 Å². The monoisotopic (exact) mass is 169 g/mol. The highest BCUT2D eigenvalue weighted by molar-refractivity contribution is 4.93. The molecule has 0 bridgehead atoms. The van der Waals surface area contributed by atoms with Crippen LogP contribution in [0.15, 0.2) is 12.2 Å². The Balaban J connectivity index is 3.14. The normalized spacial score (nSPS) is 12.9. The van der Waals surface area contributed by atoms with Gasteiger partial charge < -0.3 is 5.32 Å². The summed E-state index contributed by atoms with van der Waals surface area (Å²) in [6.45, 7) is 12.7. The summed E-state index contributed by atoms with van der Waals surface area (Å²) in [5.74, 6) is 0.701. The van der Waals surface area contributed by atoms with E-state index in [1.54, 1.807) is 0 Å². The summed E-state index contributed by atoms with van der Waals surface area (Å²) in [6, 6.07) is 0. The number of nitrogens with one attached hydrogen (secondary N) is 1. The van der Waals surface area contributed by atoms with E-state index in [1.807, 2.05) is 0 Å². The third-order valence-electron chi connectivity index (χ3n) is 2.33. The molecule has 0 aromatic carbocycles. The summed E-state index contributed by atoms with van der Waals surface area (Å²) in [5.41, 5.74) is 1.32. The van der Waals surface area contributed by atoms with E-state index >= 15 is 0 Å². The molecule has 0 amide bonds. The van der Waals surface area contributed by atoms with Crippen molar-refractivity contribution in [3.8, 4) is 0 Å². The van der Waals surface area contributed by atoms with Gasteiger partial charge in [-0.2, -0.15) is 0 Å². The first-order valence-corrected chi connectivity index (χ1v) is 5.04. The Morgan fingerprint density at radius 3 is 2.58 bits per heavy atom. The predicted molar refractivity (Wildman–Crippen MR) is 56.4 cm³/mol. The topological polar surface area (TPSA) is 12.0 Å². The predicted octanol–water partition coefficient (Wildman–Crippen LogP) is 2.98. The van der Waals surface area contributed by atoms with Gasteiger partial charge in [-0.15, -0.1) is 0 Å². The van der Waals surface area contributed by atoms with Crippen LogP contribution in [0.3, 0.4) is 0 Å². The molecular formula is C11H23N. The minimum absolute atomic E-state index is 0.701. The van der Waals surface area contributed by atoms with Crippen molar-refractivity contribution in [2.45, 2.75) is 40.0 Å². The van der Waals surface area contributed by atoms with E-state index in [0.717, 1.165) is 6.54 Å². The molecule has 0 aromatic rings. The molecule has 0 spiro atoms. The zero-order chi connectivity index (χ0) is 9.40. The van der Waals surface area contributed by atoms with Gasteiger partial charge in [0.05, 0.1) is 0 Å². The molecule has 0 rings (SSSR count). The molecule has 0 fully saturated rings. The number of allylic oxidation sites excluding steroid dienone is 1. The van der Waals surface area contributed by atoms with E-state index in [4.69, 9.17) is 0 Å². The molecule has 1 atom stereocenters. The van der Waals surface area contributed by atoms with Crippen LogP contribution in [-0.2, 0) is 0 Å². The molecule has 1 unspecified atom stereocenters. The molecule has 0 aromatic heterocycles. The van der Waals surface area contributed by atoms with Crippen LogP contribution in [0.1, 0.15) is 40.0 Å². The first kappa shape index (κ1) is 11.7. The SMILES string of the molecule is C=C(C)C(C)CCCCNCC. The quantitative estimate of drug-likeness (QED) is 0.456. The second kappa shape index (κ2) is 7.35. The molecule has 0 saturated heterocycles. The van der Waals surface area contributed by atoms with Gasteiger partial charge in [0.2, 0.25) is 0 Å². The van der Waals surface area contributed by atoms with E-state index in [1.165, 1.54) is 31.4 Å². The smallest absolute Gasteiger partial charge is 0.00490 e. The minimum atomic E-state index is 0.701. The first-order valence-electron chi connectivity index (χ1n) is 5.04. The maximum absolute atomic E-state index is 3.95. The Bertz CT molecular complexity index is 118. The van der Waals surface area contributed by atoms with Gasteiger partial charge in [-0.3, -0.25) is 0 Å². The van der Waals surface area contributed by atoms with E-state index in [-0.39, 0.29) is 0 Å². The van der Waals surface area contributed by atoms with Crippen molar-refractivity contribution in [1.82, 2.24) is 5.32 Å². The highest BCUT2D eigenvalue weighted by Gasteiger charge is 2.00. The highest BCUT2D eigenvalue weighted by Crippen LogP contribution is 2.14. The van der Waals surface area contributed by atoms with Crippen LogP contribution in [0.4, 0.5) is 0 Å². The van der Waals surface area contributed by atoms with Gasteiger partial charge in [0.25, 0.3) is 0 Å². The highest BCUT2D eigenvalue weighted by atomic mass is 14.8. The molecule has 0 saturated carbocycles. The van der Waals surface area contributed by atoms with Crippen LogP contribution in [0.25, 0.3) is 0 Å². The fraction of sp³-hybridized carbons (Fsp3) is 0.818. The fourth-order valence-corrected chi connectivity index (χ4v) is 1.12. The van der Waals surface area contributed by atoms with Gasteiger partial charge in [0.15, 0.2) is 0 Å². The van der Waals surface area contributed by atoms with Crippen molar-refractivity contribution in [2.24, 2.45) is 5.92 Å². The Kier molecular flexibility index (Phi) is 7.17. The lowest BCUT2D eigenvalue weighted by atomic mass is 9.98. The van der Waals surface area contributed by atoms with Crippen LogP contribution in [0.2, 0.25) is 0 Å². The molecule has 0 aliphatic heterocycles. The van der Waals surface area contributed by atoms with Gasteiger partial charge in [-0.05, 0) is 38.8 Å². The van der Waals surface area contributed by atoms with Gasteiger partial charge in [-0.25, -0.2) is 0 Å². The minimum Gasteiger partial charge on any atom is -0.317 e. The first-order chi connectivity index (χ1) is 5.68. The molecule has 1 heteroatoms. The third-order valence-corrected chi connectivity index (χ3v) is 2.33. The lowest BCUT2D eigenvalue weighted by Crippen LogP contribution is -2.14. The van der Waals surface area contributed by atoms with E-state index in [9.17, 15) is 0 Å². The Hall–Kier alpha value is -0.300. The fourth-order valence-electron chi connectivity index (χ4n) is 1.12. The van der Waals surface area contributed by atoms with Crippen LogP contribution in [0, 0.1) is 5.92 Å². The molecule has 1 N–H and O–H groups in total. The van der Waals surface area contributed by atoms with Gasteiger partial charge in [-0.1, -0.05) is 32.4 Å². The summed E-state index contributed by atoms with van der Waals surface area (Å²) >= 11 is 0. The van der Waals surface area contributed by atoms with E-state index < -0.39 is 0 Å². The zero-order valence-electron chi connectivity index (χ0n) is 8.82. The zero-order valence-corrected chi connectivity index (χ0v) is 8.82. The molecule has 0 heterocycles. The van der Waals surface area contributed by atoms with E-state index in [2.05, 4.69) is 32.7 Å². The number of hydrogen-bond acceptors (Lipinski definition) is 1. The Morgan fingerprint density at radius 1 is 1.42 bits per heavy atom. The molecule has 1 nitrogen and oxygen atoms in total. The molecule has 0 aliphatic rings. The molecular weight excluding hydrogens is 146 g/mol. The summed E-state index contributed by atoms with van der Waals surface area (Å²) in [6.07, 6.45) is 3.91. The maximum Gasteiger partial charge on any atom is -0.00490 e. The van der Waals surface area contributed by atoms with Gasteiger partial charge >= 0.3 is 0 Å². The van der Waals surface area contributed by atoms with Crippen molar-refractivity contribution < 1.29 is 0 Å². The lowest BCUT2D eigenvalue weighted by molar-refractivity contribution is 0.542. The third kappa shape index (κ3) is 6.41. The average Bonchev–Trinajstić information content (AvgIpc) is 2.03. The Labute approximate surface area is 77.2 Å². The van der Waals surface area contributed by atoms with Crippen molar-refractivity contribution in [3.05, 3.63) is 12.2 Å². The van der Waals surface area contributed by atoms with Gasteiger partial charge in [0.1, 0.15) is 0 Å². The number of unbranched alkanes of at least 4 members (excludes halogenated alkanes) is 1. The standard InChI is InChI=1S/C11H23N/c1-5-12-9-7-6-8-11(4)10(2)3/h11-12H,2,5-9H2,1,3-4H3.